The molecule has 2 aromatic heterocycles. The molecule has 3 heterocycles. The van der Waals surface area contributed by atoms with Crippen LogP contribution in [0.5, 0.6) is 0 Å². The number of rotatable bonds is 3. The van der Waals surface area contributed by atoms with Gasteiger partial charge in [-0.15, -0.1) is 0 Å². The zero-order valence-electron chi connectivity index (χ0n) is 14.8. The molecule has 0 saturated carbocycles. The molecule has 3 aromatic rings. The summed E-state index contributed by atoms with van der Waals surface area (Å²) in [6.07, 6.45) is 2.46. The number of fused-ring (bicyclic) bond motifs is 1. The minimum atomic E-state index is -0.889. The minimum Gasteiger partial charge on any atom is -0.310 e. The highest BCUT2D eigenvalue weighted by atomic mass is 19.2. The Labute approximate surface area is 154 Å². The number of hydrogen-bond donors (Lipinski definition) is 1. The molecule has 5 nitrogen and oxygen atoms in total. The lowest BCUT2D eigenvalue weighted by Gasteiger charge is -2.27. The van der Waals surface area contributed by atoms with Crippen LogP contribution in [0.2, 0.25) is 0 Å². The lowest BCUT2D eigenvalue weighted by molar-refractivity contribution is 0.241. The molecule has 1 aliphatic heterocycles. The van der Waals surface area contributed by atoms with Crippen molar-refractivity contribution in [3.63, 3.8) is 0 Å². The quantitative estimate of drug-likeness (QED) is 0.772. The molecule has 0 fully saturated rings. The molecular formula is C20H18F2N4O. The standard InChI is InChI=1S/C20H18F2N4O/c1-12-24-19-6-7-26(11-15(19)20(27)25-12)10-13-2-5-18(23-9-13)14-3-4-16(21)17(22)8-14/h2-5,8-9H,6-7,10-11H2,1H3,(H,24,25,27). The van der Waals surface area contributed by atoms with Gasteiger partial charge >= 0.3 is 0 Å². The molecule has 4 rings (SSSR count). The van der Waals surface area contributed by atoms with Crippen LogP contribution in [0.4, 0.5) is 8.78 Å². The second-order valence-electron chi connectivity index (χ2n) is 6.72. The van der Waals surface area contributed by atoms with E-state index in [1.54, 1.807) is 19.2 Å². The zero-order valence-corrected chi connectivity index (χ0v) is 14.8. The monoisotopic (exact) mass is 368 g/mol. The molecule has 27 heavy (non-hydrogen) atoms. The van der Waals surface area contributed by atoms with Gasteiger partial charge in [0.25, 0.3) is 5.56 Å². The van der Waals surface area contributed by atoms with Crippen LogP contribution in [0.1, 0.15) is 22.6 Å². The molecule has 1 aromatic carbocycles. The van der Waals surface area contributed by atoms with Crippen LogP contribution >= 0.6 is 0 Å². The number of aromatic amines is 1. The van der Waals surface area contributed by atoms with Gasteiger partial charge in [0.15, 0.2) is 11.6 Å². The zero-order chi connectivity index (χ0) is 19.0. The Bertz CT molecular complexity index is 1050. The van der Waals surface area contributed by atoms with Crippen molar-refractivity contribution in [3.8, 4) is 11.3 Å². The van der Waals surface area contributed by atoms with Crippen LogP contribution in [-0.4, -0.2) is 26.4 Å². The number of aryl methyl sites for hydroxylation is 1. The van der Waals surface area contributed by atoms with Crippen LogP contribution < -0.4 is 5.56 Å². The van der Waals surface area contributed by atoms with Crippen molar-refractivity contribution in [1.29, 1.82) is 0 Å². The first-order valence-corrected chi connectivity index (χ1v) is 8.71. The van der Waals surface area contributed by atoms with Gasteiger partial charge in [-0.2, -0.15) is 0 Å². The van der Waals surface area contributed by atoms with Gasteiger partial charge in [0.2, 0.25) is 0 Å². The Hall–Kier alpha value is -2.93. The van der Waals surface area contributed by atoms with Gasteiger partial charge in [-0.1, -0.05) is 6.07 Å². The fourth-order valence-electron chi connectivity index (χ4n) is 3.34. The van der Waals surface area contributed by atoms with Crippen LogP contribution in [0.25, 0.3) is 11.3 Å². The van der Waals surface area contributed by atoms with E-state index >= 15 is 0 Å². The average molecular weight is 368 g/mol. The van der Waals surface area contributed by atoms with Crippen LogP contribution in [0.3, 0.4) is 0 Å². The predicted octanol–water partition coefficient (Wildman–Crippen LogP) is 2.98. The first-order valence-electron chi connectivity index (χ1n) is 8.71. The second kappa shape index (κ2) is 7.00. The Kier molecular flexibility index (Phi) is 4.53. The molecule has 0 atom stereocenters. The summed E-state index contributed by atoms with van der Waals surface area (Å²) < 4.78 is 26.5. The highest BCUT2D eigenvalue weighted by molar-refractivity contribution is 5.59. The van der Waals surface area contributed by atoms with E-state index in [0.717, 1.165) is 41.9 Å². The van der Waals surface area contributed by atoms with Gasteiger partial charge in [-0.25, -0.2) is 13.8 Å². The number of hydrogen-bond acceptors (Lipinski definition) is 4. The summed E-state index contributed by atoms with van der Waals surface area (Å²) in [7, 11) is 0. The van der Waals surface area contributed by atoms with Crippen molar-refractivity contribution in [2.75, 3.05) is 6.54 Å². The van der Waals surface area contributed by atoms with E-state index in [0.29, 0.717) is 30.2 Å². The van der Waals surface area contributed by atoms with Crippen LogP contribution in [0.15, 0.2) is 41.3 Å². The molecule has 0 unspecified atom stereocenters. The van der Waals surface area contributed by atoms with E-state index in [-0.39, 0.29) is 5.56 Å². The molecule has 0 amide bonds. The highest BCUT2D eigenvalue weighted by Gasteiger charge is 2.20. The van der Waals surface area contributed by atoms with Gasteiger partial charge in [0, 0.05) is 37.8 Å². The summed E-state index contributed by atoms with van der Waals surface area (Å²) in [6.45, 7) is 3.79. The minimum absolute atomic E-state index is 0.0750. The third-order valence-electron chi connectivity index (χ3n) is 4.71. The molecular weight excluding hydrogens is 350 g/mol. The summed E-state index contributed by atoms with van der Waals surface area (Å²) in [5.74, 6) is -1.12. The molecule has 138 valence electrons. The summed E-state index contributed by atoms with van der Waals surface area (Å²) >= 11 is 0. The topological polar surface area (TPSA) is 61.9 Å². The summed E-state index contributed by atoms with van der Waals surface area (Å²) in [4.78, 5) is 25.9. The van der Waals surface area contributed by atoms with E-state index in [1.807, 2.05) is 6.07 Å². The SMILES string of the molecule is Cc1nc2c(c(=O)[nH]1)CN(Cc1ccc(-c3ccc(F)c(F)c3)nc1)CC2. The van der Waals surface area contributed by atoms with Crippen molar-refractivity contribution >= 4 is 0 Å². The Morgan fingerprint density at radius 1 is 1.19 bits per heavy atom. The number of nitrogens with zero attached hydrogens (tertiary/aromatic N) is 3. The molecule has 0 spiro atoms. The number of pyridine rings is 1. The van der Waals surface area contributed by atoms with Gasteiger partial charge in [-0.3, -0.25) is 14.7 Å². The Morgan fingerprint density at radius 3 is 2.78 bits per heavy atom. The van der Waals surface area contributed by atoms with Gasteiger partial charge in [-0.05, 0) is 36.8 Å². The predicted molar refractivity (Wildman–Crippen MR) is 97.0 cm³/mol. The molecule has 1 aliphatic rings. The Morgan fingerprint density at radius 2 is 2.04 bits per heavy atom. The number of aromatic nitrogens is 3. The van der Waals surface area contributed by atoms with Crippen molar-refractivity contribution in [1.82, 2.24) is 19.9 Å². The first-order chi connectivity index (χ1) is 13.0. The summed E-state index contributed by atoms with van der Waals surface area (Å²) in [5, 5.41) is 0. The van der Waals surface area contributed by atoms with E-state index in [1.165, 1.54) is 6.07 Å². The van der Waals surface area contributed by atoms with Crippen LogP contribution in [-0.2, 0) is 19.5 Å². The average Bonchev–Trinajstić information content (AvgIpc) is 2.65. The molecule has 7 heteroatoms. The van der Waals surface area contributed by atoms with Crippen molar-refractivity contribution in [3.05, 3.63) is 81.2 Å². The molecule has 1 N–H and O–H groups in total. The first kappa shape index (κ1) is 17.5. The van der Waals surface area contributed by atoms with Gasteiger partial charge in [0.05, 0.1) is 17.0 Å². The van der Waals surface area contributed by atoms with Crippen molar-refractivity contribution in [2.45, 2.75) is 26.4 Å². The number of benzene rings is 1. The fraction of sp³-hybridized carbons (Fsp3) is 0.250. The number of H-pyrrole nitrogens is 1. The lowest BCUT2D eigenvalue weighted by Crippen LogP contribution is -2.35. The maximum Gasteiger partial charge on any atom is 0.255 e. The Balaban J connectivity index is 1.49. The molecule has 0 saturated heterocycles. The molecule has 0 bridgehead atoms. The third kappa shape index (κ3) is 3.64. The third-order valence-corrected chi connectivity index (χ3v) is 4.71. The van der Waals surface area contributed by atoms with E-state index < -0.39 is 11.6 Å². The number of nitrogens with one attached hydrogen (secondary N) is 1. The van der Waals surface area contributed by atoms with Gasteiger partial charge < -0.3 is 4.98 Å². The normalized spacial score (nSPS) is 14.2. The lowest BCUT2D eigenvalue weighted by atomic mass is 10.1. The largest absolute Gasteiger partial charge is 0.310 e. The molecule has 0 aliphatic carbocycles. The molecule has 0 radical (unpaired) electrons. The highest BCUT2D eigenvalue weighted by Crippen LogP contribution is 2.21. The maximum absolute atomic E-state index is 13.4. The van der Waals surface area contributed by atoms with Crippen LogP contribution in [0, 0.1) is 18.6 Å². The fourth-order valence-corrected chi connectivity index (χ4v) is 3.34. The van der Waals surface area contributed by atoms with E-state index in [2.05, 4.69) is 19.9 Å². The van der Waals surface area contributed by atoms with Crippen molar-refractivity contribution < 1.29 is 8.78 Å². The van der Waals surface area contributed by atoms with E-state index in [4.69, 9.17) is 0 Å². The maximum atomic E-state index is 13.4. The summed E-state index contributed by atoms with van der Waals surface area (Å²) in [5.41, 5.74) is 3.62. The number of halogens is 2. The van der Waals surface area contributed by atoms with Gasteiger partial charge in [0.1, 0.15) is 5.82 Å². The second-order valence-corrected chi connectivity index (χ2v) is 6.72. The smallest absolute Gasteiger partial charge is 0.255 e. The van der Waals surface area contributed by atoms with E-state index in [9.17, 15) is 13.6 Å². The van der Waals surface area contributed by atoms with Crippen molar-refractivity contribution in [2.24, 2.45) is 0 Å². The summed E-state index contributed by atoms with van der Waals surface area (Å²) in [6, 6.07) is 7.44.